The Hall–Kier alpha value is -4.41. The Morgan fingerprint density at radius 2 is 1.32 bits per heavy atom. The van der Waals surface area contributed by atoms with Crippen molar-refractivity contribution in [2.45, 2.75) is 32.0 Å². The van der Waals surface area contributed by atoms with Crippen molar-refractivity contribution in [1.29, 1.82) is 0 Å². The largest absolute Gasteiger partial charge is 0.457 e. The SMILES string of the molecule is O=C(c1ccc2ccccc2c1)N(Cc1cccc(Oc2ccccc2)c1)C1CCN(Cc2ccccc2)CC1. The molecule has 0 spiro atoms. The highest BCUT2D eigenvalue weighted by Gasteiger charge is 2.29. The smallest absolute Gasteiger partial charge is 0.254 e. The van der Waals surface area contributed by atoms with Crippen LogP contribution in [0.25, 0.3) is 10.8 Å². The van der Waals surface area contributed by atoms with Gasteiger partial charge in [-0.3, -0.25) is 9.69 Å². The third kappa shape index (κ3) is 6.24. The van der Waals surface area contributed by atoms with Crippen LogP contribution < -0.4 is 4.74 Å². The topological polar surface area (TPSA) is 32.8 Å². The standard InChI is InChI=1S/C36H34N2O2/c39-36(32-19-18-30-13-7-8-14-31(30)25-32)38(33-20-22-37(23-21-33)26-28-10-3-1-4-11-28)27-29-12-9-17-35(24-29)40-34-15-5-2-6-16-34/h1-19,24-25,33H,20-23,26-27H2. The van der Waals surface area contributed by atoms with Crippen molar-refractivity contribution in [2.24, 2.45) is 0 Å². The molecule has 0 radical (unpaired) electrons. The number of ether oxygens (including phenoxy) is 1. The number of nitrogens with zero attached hydrogens (tertiary/aromatic N) is 2. The average Bonchev–Trinajstić information content (AvgIpc) is 3.01. The maximum Gasteiger partial charge on any atom is 0.254 e. The van der Waals surface area contributed by atoms with E-state index in [-0.39, 0.29) is 11.9 Å². The molecule has 4 heteroatoms. The molecule has 1 aliphatic rings. The Kier molecular flexibility index (Phi) is 7.87. The number of fused-ring (bicyclic) bond motifs is 1. The normalized spacial score (nSPS) is 14.2. The molecule has 0 saturated carbocycles. The number of para-hydroxylation sites is 1. The van der Waals surface area contributed by atoms with Crippen LogP contribution in [0.4, 0.5) is 0 Å². The lowest BCUT2D eigenvalue weighted by Gasteiger charge is -2.39. The molecular formula is C36H34N2O2. The zero-order valence-electron chi connectivity index (χ0n) is 22.7. The van der Waals surface area contributed by atoms with Crippen LogP contribution in [0.15, 0.2) is 127 Å². The van der Waals surface area contributed by atoms with Gasteiger partial charge in [-0.05, 0) is 71.1 Å². The summed E-state index contributed by atoms with van der Waals surface area (Å²) in [6.07, 6.45) is 1.90. The monoisotopic (exact) mass is 526 g/mol. The van der Waals surface area contributed by atoms with Crippen molar-refractivity contribution in [3.63, 3.8) is 0 Å². The molecule has 40 heavy (non-hydrogen) atoms. The molecule has 0 unspecified atom stereocenters. The van der Waals surface area contributed by atoms with Gasteiger partial charge < -0.3 is 9.64 Å². The minimum Gasteiger partial charge on any atom is -0.457 e. The second-order valence-corrected chi connectivity index (χ2v) is 10.6. The lowest BCUT2D eigenvalue weighted by Crippen LogP contribution is -2.46. The van der Waals surface area contributed by atoms with Gasteiger partial charge in [0.1, 0.15) is 11.5 Å². The van der Waals surface area contributed by atoms with Gasteiger partial charge in [0.15, 0.2) is 0 Å². The van der Waals surface area contributed by atoms with Crippen molar-refractivity contribution >= 4 is 16.7 Å². The van der Waals surface area contributed by atoms with Crippen LogP contribution >= 0.6 is 0 Å². The number of carbonyl (C=O) groups is 1. The van der Waals surface area contributed by atoms with E-state index in [4.69, 9.17) is 4.74 Å². The Labute approximate surface area is 236 Å². The van der Waals surface area contributed by atoms with Gasteiger partial charge in [-0.2, -0.15) is 0 Å². The van der Waals surface area contributed by atoms with Crippen molar-refractivity contribution in [3.8, 4) is 11.5 Å². The summed E-state index contributed by atoms with van der Waals surface area (Å²) in [7, 11) is 0. The Bertz CT molecular complexity index is 1560. The molecule has 1 fully saturated rings. The molecule has 200 valence electrons. The highest BCUT2D eigenvalue weighted by atomic mass is 16.5. The maximum atomic E-state index is 14.1. The predicted molar refractivity (Wildman–Crippen MR) is 162 cm³/mol. The fraction of sp³-hybridized carbons (Fsp3) is 0.194. The molecule has 1 saturated heterocycles. The molecular weight excluding hydrogens is 492 g/mol. The maximum absolute atomic E-state index is 14.1. The lowest BCUT2D eigenvalue weighted by molar-refractivity contribution is 0.0543. The third-order valence-electron chi connectivity index (χ3n) is 7.73. The molecule has 4 nitrogen and oxygen atoms in total. The summed E-state index contributed by atoms with van der Waals surface area (Å²) < 4.78 is 6.10. The quantitative estimate of drug-likeness (QED) is 0.206. The number of hydrogen-bond donors (Lipinski definition) is 0. The van der Waals surface area contributed by atoms with Gasteiger partial charge in [0, 0.05) is 37.8 Å². The first kappa shape index (κ1) is 25.8. The number of benzene rings is 5. The van der Waals surface area contributed by atoms with E-state index in [1.54, 1.807) is 0 Å². The Morgan fingerprint density at radius 1 is 0.675 bits per heavy atom. The minimum absolute atomic E-state index is 0.0849. The zero-order valence-corrected chi connectivity index (χ0v) is 22.7. The van der Waals surface area contributed by atoms with Crippen LogP contribution in [0, 0.1) is 0 Å². The molecule has 0 bridgehead atoms. The van der Waals surface area contributed by atoms with Crippen molar-refractivity contribution in [1.82, 2.24) is 9.80 Å². The molecule has 0 aromatic heterocycles. The predicted octanol–water partition coefficient (Wildman–Crippen LogP) is 7.94. The second kappa shape index (κ2) is 12.2. The first-order valence-corrected chi connectivity index (χ1v) is 14.1. The highest BCUT2D eigenvalue weighted by molar-refractivity contribution is 5.98. The summed E-state index contributed by atoms with van der Waals surface area (Å²) in [5, 5.41) is 2.23. The van der Waals surface area contributed by atoms with Crippen molar-refractivity contribution in [2.75, 3.05) is 13.1 Å². The number of carbonyl (C=O) groups excluding carboxylic acids is 1. The van der Waals surface area contributed by atoms with Crippen molar-refractivity contribution < 1.29 is 9.53 Å². The van der Waals surface area contributed by atoms with E-state index in [0.717, 1.165) is 65.9 Å². The van der Waals surface area contributed by atoms with Gasteiger partial charge in [-0.15, -0.1) is 0 Å². The van der Waals surface area contributed by atoms with Crippen LogP contribution in [-0.4, -0.2) is 34.8 Å². The first-order valence-electron chi connectivity index (χ1n) is 14.1. The fourth-order valence-electron chi connectivity index (χ4n) is 5.61. The fourth-order valence-corrected chi connectivity index (χ4v) is 5.61. The molecule has 1 heterocycles. The van der Waals surface area contributed by atoms with E-state index in [2.05, 4.69) is 70.5 Å². The molecule has 0 aliphatic carbocycles. The molecule has 5 aromatic carbocycles. The average molecular weight is 527 g/mol. The van der Waals surface area contributed by atoms with Crippen LogP contribution in [0.3, 0.4) is 0 Å². The highest BCUT2D eigenvalue weighted by Crippen LogP contribution is 2.27. The number of piperidine rings is 1. The second-order valence-electron chi connectivity index (χ2n) is 10.6. The molecule has 5 aromatic rings. The zero-order chi connectivity index (χ0) is 27.1. The van der Waals surface area contributed by atoms with Gasteiger partial charge in [-0.1, -0.05) is 91.0 Å². The van der Waals surface area contributed by atoms with E-state index < -0.39 is 0 Å². The molecule has 6 rings (SSSR count). The minimum atomic E-state index is 0.0849. The summed E-state index contributed by atoms with van der Waals surface area (Å²) in [4.78, 5) is 18.7. The van der Waals surface area contributed by atoms with Crippen molar-refractivity contribution in [3.05, 3.63) is 144 Å². The van der Waals surface area contributed by atoms with Gasteiger partial charge in [0.2, 0.25) is 0 Å². The third-order valence-corrected chi connectivity index (χ3v) is 7.73. The van der Waals surface area contributed by atoms with Crippen LogP contribution in [0.5, 0.6) is 11.5 Å². The summed E-state index contributed by atoms with van der Waals surface area (Å²) in [6.45, 7) is 3.43. The van der Waals surface area contributed by atoms with Gasteiger partial charge >= 0.3 is 0 Å². The van der Waals surface area contributed by atoms with Gasteiger partial charge in [0.25, 0.3) is 5.91 Å². The Morgan fingerprint density at radius 3 is 2.10 bits per heavy atom. The number of rotatable bonds is 8. The van der Waals surface area contributed by atoms with E-state index in [1.807, 2.05) is 66.7 Å². The van der Waals surface area contributed by atoms with Gasteiger partial charge in [0.05, 0.1) is 0 Å². The van der Waals surface area contributed by atoms with Crippen LogP contribution in [0.1, 0.15) is 34.3 Å². The number of hydrogen-bond acceptors (Lipinski definition) is 3. The molecule has 1 aliphatic heterocycles. The first-order chi connectivity index (χ1) is 19.7. The Balaban J connectivity index is 1.23. The van der Waals surface area contributed by atoms with Crippen LogP contribution in [-0.2, 0) is 13.1 Å². The van der Waals surface area contributed by atoms with E-state index in [9.17, 15) is 4.79 Å². The number of amides is 1. The van der Waals surface area contributed by atoms with E-state index >= 15 is 0 Å². The number of likely N-dealkylation sites (tertiary alicyclic amines) is 1. The van der Waals surface area contributed by atoms with E-state index in [0.29, 0.717) is 6.54 Å². The molecule has 0 N–H and O–H groups in total. The van der Waals surface area contributed by atoms with Gasteiger partial charge in [-0.25, -0.2) is 0 Å². The summed E-state index contributed by atoms with van der Waals surface area (Å²) in [6, 6.07) is 43.0. The van der Waals surface area contributed by atoms with Crippen LogP contribution in [0.2, 0.25) is 0 Å². The summed E-state index contributed by atoms with van der Waals surface area (Å²) >= 11 is 0. The van der Waals surface area contributed by atoms with E-state index in [1.165, 1.54) is 5.56 Å². The molecule has 0 atom stereocenters. The lowest BCUT2D eigenvalue weighted by atomic mass is 9.99. The summed E-state index contributed by atoms with van der Waals surface area (Å²) in [5.74, 6) is 1.66. The summed E-state index contributed by atoms with van der Waals surface area (Å²) in [5.41, 5.74) is 3.14. The molecule has 1 amide bonds.